The van der Waals surface area contributed by atoms with Gasteiger partial charge < -0.3 is 10.6 Å². The van der Waals surface area contributed by atoms with Crippen LogP contribution in [0.2, 0.25) is 0 Å². The van der Waals surface area contributed by atoms with Crippen molar-refractivity contribution in [1.29, 1.82) is 0 Å². The van der Waals surface area contributed by atoms with Crippen LogP contribution >= 0.6 is 0 Å². The van der Waals surface area contributed by atoms with E-state index >= 15 is 0 Å². The van der Waals surface area contributed by atoms with Gasteiger partial charge in [0.2, 0.25) is 11.8 Å². The average Bonchev–Trinajstić information content (AvgIpc) is 2.55. The van der Waals surface area contributed by atoms with Crippen molar-refractivity contribution in [3.63, 3.8) is 0 Å². The minimum Gasteiger partial charge on any atom is -0.355 e. The van der Waals surface area contributed by atoms with Crippen LogP contribution in [0.5, 0.6) is 0 Å². The largest absolute Gasteiger partial charge is 0.355 e. The number of hydrogen-bond acceptors (Lipinski definition) is 2. The number of para-hydroxylation sites is 1. The molecule has 22 heavy (non-hydrogen) atoms. The maximum Gasteiger partial charge on any atom is 0.228 e. The molecule has 2 amide bonds. The van der Waals surface area contributed by atoms with E-state index in [0.29, 0.717) is 6.54 Å². The molecule has 0 aromatic heterocycles. The zero-order valence-electron chi connectivity index (χ0n) is 12.2. The van der Waals surface area contributed by atoms with Crippen molar-refractivity contribution in [1.82, 2.24) is 5.32 Å². The summed E-state index contributed by atoms with van der Waals surface area (Å²) < 4.78 is 0. The predicted molar refractivity (Wildman–Crippen MR) is 85.6 cm³/mol. The first-order chi connectivity index (χ1) is 10.7. The SMILES string of the molecule is O=C1CC(C(=O)NCCc2ccccc2)c2ccccc2N1. The van der Waals surface area contributed by atoms with E-state index in [0.717, 1.165) is 17.7 Å². The number of nitrogens with one attached hydrogen (secondary N) is 2. The van der Waals surface area contributed by atoms with Crippen molar-refractivity contribution in [3.05, 3.63) is 65.7 Å². The van der Waals surface area contributed by atoms with E-state index in [2.05, 4.69) is 10.6 Å². The lowest BCUT2D eigenvalue weighted by Crippen LogP contribution is -2.35. The van der Waals surface area contributed by atoms with Gasteiger partial charge in [0.25, 0.3) is 0 Å². The summed E-state index contributed by atoms with van der Waals surface area (Å²) in [4.78, 5) is 24.2. The molecule has 0 bridgehead atoms. The Morgan fingerprint density at radius 3 is 2.64 bits per heavy atom. The lowest BCUT2D eigenvalue weighted by atomic mass is 9.90. The molecule has 1 heterocycles. The van der Waals surface area contributed by atoms with Crippen LogP contribution in [0.15, 0.2) is 54.6 Å². The number of benzene rings is 2. The molecule has 1 aliphatic rings. The van der Waals surface area contributed by atoms with Gasteiger partial charge in [0, 0.05) is 18.7 Å². The van der Waals surface area contributed by atoms with Crippen molar-refractivity contribution >= 4 is 17.5 Å². The molecule has 0 saturated carbocycles. The summed E-state index contributed by atoms with van der Waals surface area (Å²) in [6.07, 6.45) is 0.987. The topological polar surface area (TPSA) is 58.2 Å². The molecule has 4 nitrogen and oxygen atoms in total. The number of anilines is 1. The standard InChI is InChI=1S/C18H18N2O2/c21-17-12-15(14-8-4-5-9-16(14)20-17)18(22)19-11-10-13-6-2-1-3-7-13/h1-9,15H,10-12H2,(H,19,22)(H,20,21). The molecule has 3 rings (SSSR count). The Kier molecular flexibility index (Phi) is 4.19. The summed E-state index contributed by atoms with van der Waals surface area (Å²) in [5.41, 5.74) is 2.81. The maximum atomic E-state index is 12.4. The monoisotopic (exact) mass is 294 g/mol. The number of fused-ring (bicyclic) bond motifs is 1. The minimum absolute atomic E-state index is 0.0850. The third kappa shape index (κ3) is 3.17. The summed E-state index contributed by atoms with van der Waals surface area (Å²) in [5.74, 6) is -0.596. The molecule has 0 radical (unpaired) electrons. The van der Waals surface area contributed by atoms with Crippen molar-refractivity contribution in [2.75, 3.05) is 11.9 Å². The average molecular weight is 294 g/mol. The van der Waals surface area contributed by atoms with E-state index in [4.69, 9.17) is 0 Å². The first-order valence-corrected chi connectivity index (χ1v) is 7.44. The van der Waals surface area contributed by atoms with Gasteiger partial charge in [0.15, 0.2) is 0 Å². The summed E-state index contributed by atoms with van der Waals surface area (Å²) >= 11 is 0. The van der Waals surface area contributed by atoms with Gasteiger partial charge >= 0.3 is 0 Å². The van der Waals surface area contributed by atoms with Crippen molar-refractivity contribution in [2.45, 2.75) is 18.8 Å². The number of carbonyl (C=O) groups is 2. The molecule has 0 saturated heterocycles. The Labute approximate surface area is 129 Å². The second-order valence-electron chi connectivity index (χ2n) is 5.42. The maximum absolute atomic E-state index is 12.4. The Morgan fingerprint density at radius 2 is 1.82 bits per heavy atom. The second kappa shape index (κ2) is 6.43. The van der Waals surface area contributed by atoms with Gasteiger partial charge in [-0.15, -0.1) is 0 Å². The first kappa shape index (κ1) is 14.3. The number of amides is 2. The third-order valence-corrected chi connectivity index (χ3v) is 3.87. The van der Waals surface area contributed by atoms with Crippen LogP contribution < -0.4 is 10.6 Å². The van der Waals surface area contributed by atoms with Crippen molar-refractivity contribution in [3.8, 4) is 0 Å². The molecule has 1 unspecified atom stereocenters. The fourth-order valence-electron chi connectivity index (χ4n) is 2.74. The lowest BCUT2D eigenvalue weighted by molar-refractivity contribution is -0.126. The fourth-order valence-corrected chi connectivity index (χ4v) is 2.74. The first-order valence-electron chi connectivity index (χ1n) is 7.44. The zero-order valence-corrected chi connectivity index (χ0v) is 12.2. The molecule has 1 aliphatic heterocycles. The summed E-state index contributed by atoms with van der Waals surface area (Å²) in [5, 5.41) is 5.75. The lowest BCUT2D eigenvalue weighted by Gasteiger charge is -2.24. The molecule has 0 fully saturated rings. The molecule has 2 N–H and O–H groups in total. The molecule has 4 heteroatoms. The van der Waals surface area contributed by atoms with Crippen LogP contribution in [0.1, 0.15) is 23.5 Å². The van der Waals surface area contributed by atoms with E-state index in [1.807, 2.05) is 54.6 Å². The van der Waals surface area contributed by atoms with Crippen molar-refractivity contribution in [2.24, 2.45) is 0 Å². The van der Waals surface area contributed by atoms with Gasteiger partial charge in [-0.25, -0.2) is 0 Å². The number of rotatable bonds is 4. The van der Waals surface area contributed by atoms with Gasteiger partial charge in [-0.2, -0.15) is 0 Å². The van der Waals surface area contributed by atoms with Gasteiger partial charge in [0.1, 0.15) is 0 Å². The Hall–Kier alpha value is -2.62. The minimum atomic E-state index is -0.402. The van der Waals surface area contributed by atoms with E-state index in [-0.39, 0.29) is 18.2 Å². The van der Waals surface area contributed by atoms with Crippen LogP contribution in [0.3, 0.4) is 0 Å². The quantitative estimate of drug-likeness (QED) is 0.910. The van der Waals surface area contributed by atoms with Gasteiger partial charge in [0.05, 0.1) is 5.92 Å². The highest BCUT2D eigenvalue weighted by atomic mass is 16.2. The highest BCUT2D eigenvalue weighted by Gasteiger charge is 2.29. The second-order valence-corrected chi connectivity index (χ2v) is 5.42. The van der Waals surface area contributed by atoms with Crippen LogP contribution in [0, 0.1) is 0 Å². The Balaban J connectivity index is 1.64. The molecular formula is C18H18N2O2. The Bertz CT molecular complexity index is 682. The van der Waals surface area contributed by atoms with E-state index < -0.39 is 5.92 Å². The molecule has 0 spiro atoms. The molecule has 0 aliphatic carbocycles. The highest BCUT2D eigenvalue weighted by Crippen LogP contribution is 2.31. The molecule has 2 aromatic carbocycles. The van der Waals surface area contributed by atoms with E-state index in [1.165, 1.54) is 5.56 Å². The fraction of sp³-hybridized carbons (Fsp3) is 0.222. The normalized spacial score (nSPS) is 16.5. The molecule has 1 atom stereocenters. The van der Waals surface area contributed by atoms with Gasteiger partial charge in [-0.3, -0.25) is 9.59 Å². The molecule has 112 valence electrons. The van der Waals surface area contributed by atoms with Gasteiger partial charge in [-0.1, -0.05) is 48.5 Å². The van der Waals surface area contributed by atoms with Gasteiger partial charge in [-0.05, 0) is 23.6 Å². The van der Waals surface area contributed by atoms with Crippen LogP contribution in [0.4, 0.5) is 5.69 Å². The predicted octanol–water partition coefficient (Wildman–Crippen LogP) is 2.47. The van der Waals surface area contributed by atoms with E-state index in [9.17, 15) is 9.59 Å². The Morgan fingerprint density at radius 1 is 1.09 bits per heavy atom. The third-order valence-electron chi connectivity index (χ3n) is 3.87. The summed E-state index contributed by atoms with van der Waals surface area (Å²) in [7, 11) is 0. The van der Waals surface area contributed by atoms with Crippen LogP contribution in [-0.2, 0) is 16.0 Å². The van der Waals surface area contributed by atoms with Crippen molar-refractivity contribution < 1.29 is 9.59 Å². The summed E-state index contributed by atoms with van der Waals surface area (Å²) in [6.45, 7) is 0.573. The van der Waals surface area contributed by atoms with Crippen LogP contribution in [0.25, 0.3) is 0 Å². The smallest absolute Gasteiger partial charge is 0.228 e. The van der Waals surface area contributed by atoms with Crippen LogP contribution in [-0.4, -0.2) is 18.4 Å². The molecular weight excluding hydrogens is 276 g/mol. The summed E-state index contributed by atoms with van der Waals surface area (Å²) in [6, 6.07) is 17.5. The molecule has 2 aromatic rings. The zero-order chi connectivity index (χ0) is 15.4. The highest BCUT2D eigenvalue weighted by molar-refractivity contribution is 6.01. The number of carbonyl (C=O) groups excluding carboxylic acids is 2. The number of hydrogen-bond donors (Lipinski definition) is 2. The van der Waals surface area contributed by atoms with E-state index in [1.54, 1.807) is 0 Å².